The van der Waals surface area contributed by atoms with Crippen molar-refractivity contribution in [1.82, 2.24) is 20.0 Å². The first-order chi connectivity index (χ1) is 11.1. The Morgan fingerprint density at radius 3 is 2.65 bits per heavy atom. The molecule has 0 N–H and O–H groups in total. The highest BCUT2D eigenvalue weighted by Crippen LogP contribution is 2.21. The number of aromatic nitrogens is 2. The monoisotopic (exact) mass is 314 g/mol. The summed E-state index contributed by atoms with van der Waals surface area (Å²) in [5.41, 5.74) is 2.81. The van der Waals surface area contributed by atoms with Crippen molar-refractivity contribution in [3.05, 3.63) is 47.2 Å². The van der Waals surface area contributed by atoms with Crippen molar-refractivity contribution < 1.29 is 4.42 Å². The standard InChI is InChI=1S/C18H26N4O/c1-14-7-4-5-8-17(14)13-21-9-6-10-22(12-11-21)15(2)18-20-19-16(3)23-18/h4-5,7-8,15H,6,9-13H2,1-3H3/t15-/m0/s1. The Morgan fingerprint density at radius 2 is 1.91 bits per heavy atom. The van der Waals surface area contributed by atoms with Crippen LogP contribution in [0, 0.1) is 13.8 Å². The molecule has 1 aromatic carbocycles. The summed E-state index contributed by atoms with van der Waals surface area (Å²) in [4.78, 5) is 5.00. The molecule has 1 atom stereocenters. The van der Waals surface area contributed by atoms with Gasteiger partial charge in [-0.2, -0.15) is 0 Å². The normalized spacial score (nSPS) is 18.7. The summed E-state index contributed by atoms with van der Waals surface area (Å²) in [6.45, 7) is 11.6. The largest absolute Gasteiger partial charge is 0.424 e. The summed E-state index contributed by atoms with van der Waals surface area (Å²) < 4.78 is 5.60. The third-order valence-electron chi connectivity index (χ3n) is 4.73. The fraction of sp³-hybridized carbons (Fsp3) is 0.556. The van der Waals surface area contributed by atoms with Crippen LogP contribution < -0.4 is 0 Å². The summed E-state index contributed by atoms with van der Waals surface area (Å²) >= 11 is 0. The highest BCUT2D eigenvalue weighted by atomic mass is 16.4. The molecule has 2 aromatic rings. The van der Waals surface area contributed by atoms with Gasteiger partial charge < -0.3 is 4.42 Å². The molecule has 0 bridgehead atoms. The van der Waals surface area contributed by atoms with Gasteiger partial charge in [-0.1, -0.05) is 24.3 Å². The van der Waals surface area contributed by atoms with Crippen LogP contribution in [-0.4, -0.2) is 46.2 Å². The Labute approximate surface area is 138 Å². The number of benzene rings is 1. The van der Waals surface area contributed by atoms with Crippen LogP contribution in [0.15, 0.2) is 28.7 Å². The zero-order valence-electron chi connectivity index (χ0n) is 14.3. The molecule has 0 unspecified atom stereocenters. The van der Waals surface area contributed by atoms with Gasteiger partial charge in [0.25, 0.3) is 0 Å². The van der Waals surface area contributed by atoms with Crippen LogP contribution in [0.2, 0.25) is 0 Å². The van der Waals surface area contributed by atoms with E-state index in [0.29, 0.717) is 5.89 Å². The van der Waals surface area contributed by atoms with Gasteiger partial charge >= 0.3 is 0 Å². The van der Waals surface area contributed by atoms with Crippen molar-refractivity contribution in [2.24, 2.45) is 0 Å². The molecule has 5 heteroatoms. The minimum absolute atomic E-state index is 0.189. The second kappa shape index (κ2) is 7.23. The van der Waals surface area contributed by atoms with Crippen LogP contribution in [-0.2, 0) is 6.54 Å². The molecule has 2 heterocycles. The topological polar surface area (TPSA) is 45.4 Å². The van der Waals surface area contributed by atoms with Crippen molar-refractivity contribution in [2.75, 3.05) is 26.2 Å². The molecule has 1 aromatic heterocycles. The van der Waals surface area contributed by atoms with E-state index in [0.717, 1.165) is 38.6 Å². The van der Waals surface area contributed by atoms with Gasteiger partial charge in [-0.15, -0.1) is 10.2 Å². The van der Waals surface area contributed by atoms with Gasteiger partial charge in [0.1, 0.15) is 0 Å². The average molecular weight is 314 g/mol. The number of hydrogen-bond donors (Lipinski definition) is 0. The molecular formula is C18H26N4O. The van der Waals surface area contributed by atoms with E-state index in [9.17, 15) is 0 Å². The van der Waals surface area contributed by atoms with E-state index in [1.54, 1.807) is 0 Å². The Bertz CT molecular complexity index is 639. The summed E-state index contributed by atoms with van der Waals surface area (Å²) in [6.07, 6.45) is 1.17. The predicted molar refractivity (Wildman–Crippen MR) is 90.1 cm³/mol. The predicted octanol–water partition coefficient (Wildman–Crippen LogP) is 2.96. The van der Waals surface area contributed by atoms with E-state index in [4.69, 9.17) is 4.42 Å². The van der Waals surface area contributed by atoms with E-state index in [-0.39, 0.29) is 6.04 Å². The minimum atomic E-state index is 0.189. The molecular weight excluding hydrogens is 288 g/mol. The van der Waals surface area contributed by atoms with Crippen LogP contribution in [0.1, 0.15) is 42.3 Å². The Balaban J connectivity index is 1.60. The molecule has 3 rings (SSSR count). The summed E-state index contributed by atoms with van der Waals surface area (Å²) in [5.74, 6) is 1.37. The molecule has 0 amide bonds. The first-order valence-corrected chi connectivity index (χ1v) is 8.44. The first-order valence-electron chi connectivity index (χ1n) is 8.44. The van der Waals surface area contributed by atoms with Crippen molar-refractivity contribution in [3.8, 4) is 0 Å². The molecule has 0 radical (unpaired) electrons. The lowest BCUT2D eigenvalue weighted by atomic mass is 10.1. The van der Waals surface area contributed by atoms with Crippen molar-refractivity contribution >= 4 is 0 Å². The molecule has 1 saturated heterocycles. The molecule has 1 aliphatic rings. The van der Waals surface area contributed by atoms with Crippen LogP contribution in [0.4, 0.5) is 0 Å². The Hall–Kier alpha value is -1.72. The maximum absolute atomic E-state index is 5.60. The number of hydrogen-bond acceptors (Lipinski definition) is 5. The van der Waals surface area contributed by atoms with Gasteiger partial charge in [0, 0.05) is 33.1 Å². The minimum Gasteiger partial charge on any atom is -0.424 e. The van der Waals surface area contributed by atoms with Crippen LogP contribution in [0.3, 0.4) is 0 Å². The van der Waals surface area contributed by atoms with Gasteiger partial charge in [-0.3, -0.25) is 9.80 Å². The summed E-state index contributed by atoms with van der Waals surface area (Å²) in [5, 5.41) is 8.13. The smallest absolute Gasteiger partial charge is 0.233 e. The summed E-state index contributed by atoms with van der Waals surface area (Å²) in [7, 11) is 0. The molecule has 0 spiro atoms. The SMILES string of the molecule is Cc1nnc([C@H](C)N2CCCN(Cc3ccccc3C)CC2)o1. The van der Waals surface area contributed by atoms with Gasteiger partial charge in [0.15, 0.2) is 0 Å². The fourth-order valence-corrected chi connectivity index (χ4v) is 3.20. The lowest BCUT2D eigenvalue weighted by Crippen LogP contribution is -2.32. The lowest BCUT2D eigenvalue weighted by molar-refractivity contribution is 0.183. The number of aryl methyl sites for hydroxylation is 2. The maximum Gasteiger partial charge on any atom is 0.233 e. The molecule has 23 heavy (non-hydrogen) atoms. The van der Waals surface area contributed by atoms with E-state index in [2.05, 4.69) is 58.1 Å². The number of nitrogens with zero attached hydrogens (tertiary/aromatic N) is 4. The highest BCUT2D eigenvalue weighted by molar-refractivity contribution is 5.25. The van der Waals surface area contributed by atoms with E-state index in [1.165, 1.54) is 17.5 Å². The van der Waals surface area contributed by atoms with Gasteiger partial charge in [-0.05, 0) is 37.9 Å². The van der Waals surface area contributed by atoms with Crippen LogP contribution >= 0.6 is 0 Å². The Kier molecular flexibility index (Phi) is 5.08. The van der Waals surface area contributed by atoms with Crippen molar-refractivity contribution in [1.29, 1.82) is 0 Å². The van der Waals surface area contributed by atoms with E-state index >= 15 is 0 Å². The van der Waals surface area contributed by atoms with Gasteiger partial charge in [0.05, 0.1) is 6.04 Å². The number of rotatable bonds is 4. The van der Waals surface area contributed by atoms with Crippen molar-refractivity contribution in [2.45, 2.75) is 39.8 Å². The van der Waals surface area contributed by atoms with E-state index in [1.807, 2.05) is 6.92 Å². The molecule has 1 fully saturated rings. The molecule has 124 valence electrons. The third kappa shape index (κ3) is 3.98. The molecule has 1 aliphatic heterocycles. The van der Waals surface area contributed by atoms with E-state index < -0.39 is 0 Å². The molecule has 0 saturated carbocycles. The lowest BCUT2D eigenvalue weighted by Gasteiger charge is -2.25. The second-order valence-electron chi connectivity index (χ2n) is 6.43. The van der Waals surface area contributed by atoms with Crippen LogP contribution in [0.25, 0.3) is 0 Å². The zero-order valence-corrected chi connectivity index (χ0v) is 14.3. The highest BCUT2D eigenvalue weighted by Gasteiger charge is 2.23. The zero-order chi connectivity index (χ0) is 16.2. The maximum atomic E-state index is 5.60. The second-order valence-corrected chi connectivity index (χ2v) is 6.43. The van der Waals surface area contributed by atoms with Crippen LogP contribution in [0.5, 0.6) is 0 Å². The molecule has 0 aliphatic carbocycles. The van der Waals surface area contributed by atoms with Crippen molar-refractivity contribution in [3.63, 3.8) is 0 Å². The fourth-order valence-electron chi connectivity index (χ4n) is 3.20. The Morgan fingerprint density at radius 1 is 1.09 bits per heavy atom. The van der Waals surface area contributed by atoms with Gasteiger partial charge in [0.2, 0.25) is 11.8 Å². The first kappa shape index (κ1) is 16.1. The third-order valence-corrected chi connectivity index (χ3v) is 4.73. The molecule has 5 nitrogen and oxygen atoms in total. The summed E-state index contributed by atoms with van der Waals surface area (Å²) in [6, 6.07) is 8.86. The average Bonchev–Trinajstić information content (AvgIpc) is 2.84. The van der Waals surface area contributed by atoms with Gasteiger partial charge in [-0.25, -0.2) is 0 Å². The quantitative estimate of drug-likeness (QED) is 0.868.